The van der Waals surface area contributed by atoms with Crippen molar-refractivity contribution in [2.45, 2.75) is 37.3 Å². The molecular formula is C13H16O5. The molecule has 0 unspecified atom stereocenters. The fourth-order valence-corrected chi connectivity index (χ4v) is 2.36. The van der Waals surface area contributed by atoms with Crippen molar-refractivity contribution in [1.82, 2.24) is 0 Å². The summed E-state index contributed by atoms with van der Waals surface area (Å²) in [5.74, 6) is 0. The third kappa shape index (κ3) is 2.15. The van der Waals surface area contributed by atoms with Gasteiger partial charge in [-0.2, -0.15) is 0 Å². The maximum atomic E-state index is 9.97. The Kier molecular flexibility index (Phi) is 3.32. The van der Waals surface area contributed by atoms with Crippen LogP contribution in [0.3, 0.4) is 0 Å². The molecule has 2 saturated heterocycles. The zero-order valence-corrected chi connectivity index (χ0v) is 9.81. The van der Waals surface area contributed by atoms with E-state index in [0.29, 0.717) is 6.61 Å². The molecule has 2 fully saturated rings. The number of hydrogen-bond donors (Lipinski definition) is 2. The Balaban J connectivity index is 1.65. The minimum Gasteiger partial charge on any atom is -0.388 e. The van der Waals surface area contributed by atoms with E-state index in [0.717, 1.165) is 5.56 Å². The van der Waals surface area contributed by atoms with Gasteiger partial charge in [0.2, 0.25) is 0 Å². The summed E-state index contributed by atoms with van der Waals surface area (Å²) in [5.41, 5.74) is 1.02. The fraction of sp³-hybridized carbons (Fsp3) is 0.538. The van der Waals surface area contributed by atoms with Crippen molar-refractivity contribution in [2.24, 2.45) is 0 Å². The standard InChI is InChI=1S/C13H16O5/c14-9-7-17-13-10(15)12(11(9)18-13)16-6-8-4-2-1-3-5-8/h1-5,9-15H,6-7H2/t9-,10-,11-,12-,13-/m1/s1. The zero-order chi connectivity index (χ0) is 12.5. The minimum absolute atomic E-state index is 0.178. The molecule has 1 aromatic carbocycles. The van der Waals surface area contributed by atoms with E-state index < -0.39 is 30.7 Å². The smallest absolute Gasteiger partial charge is 0.186 e. The second-order valence-corrected chi connectivity index (χ2v) is 4.62. The minimum atomic E-state index is -0.851. The van der Waals surface area contributed by atoms with E-state index >= 15 is 0 Å². The normalized spacial score (nSPS) is 38.9. The van der Waals surface area contributed by atoms with E-state index in [1.54, 1.807) is 0 Å². The molecule has 0 aromatic heterocycles. The predicted molar refractivity (Wildman–Crippen MR) is 61.6 cm³/mol. The van der Waals surface area contributed by atoms with Gasteiger partial charge in [0.15, 0.2) is 6.29 Å². The molecule has 0 aliphatic carbocycles. The molecule has 0 spiro atoms. The van der Waals surface area contributed by atoms with Crippen molar-refractivity contribution in [3.05, 3.63) is 35.9 Å². The molecular weight excluding hydrogens is 236 g/mol. The van der Waals surface area contributed by atoms with Crippen LogP contribution in [-0.2, 0) is 20.8 Å². The molecule has 2 bridgehead atoms. The van der Waals surface area contributed by atoms with Gasteiger partial charge in [0.05, 0.1) is 13.2 Å². The predicted octanol–water partition coefficient (Wildman–Crippen LogP) is 0.0487. The highest BCUT2D eigenvalue weighted by molar-refractivity contribution is 5.13. The average Bonchev–Trinajstić information content (AvgIpc) is 2.67. The Morgan fingerprint density at radius 2 is 2.00 bits per heavy atom. The number of ether oxygens (including phenoxy) is 3. The van der Waals surface area contributed by atoms with Crippen LogP contribution < -0.4 is 0 Å². The number of benzene rings is 1. The quantitative estimate of drug-likeness (QED) is 0.795. The summed E-state index contributed by atoms with van der Waals surface area (Å²) < 4.78 is 16.2. The van der Waals surface area contributed by atoms with Crippen LogP contribution in [-0.4, -0.2) is 47.5 Å². The van der Waals surface area contributed by atoms with E-state index in [1.807, 2.05) is 30.3 Å². The van der Waals surface area contributed by atoms with Gasteiger partial charge in [-0.05, 0) is 5.56 Å². The number of aliphatic hydroxyl groups is 2. The maximum Gasteiger partial charge on any atom is 0.186 e. The second kappa shape index (κ2) is 4.95. The summed E-state index contributed by atoms with van der Waals surface area (Å²) in [6.07, 6.45) is -3.34. The van der Waals surface area contributed by atoms with Gasteiger partial charge in [0.25, 0.3) is 0 Å². The number of aliphatic hydroxyl groups excluding tert-OH is 2. The molecule has 98 valence electrons. The molecule has 18 heavy (non-hydrogen) atoms. The van der Waals surface area contributed by atoms with Crippen LogP contribution in [0.5, 0.6) is 0 Å². The second-order valence-electron chi connectivity index (χ2n) is 4.62. The summed E-state index contributed by atoms with van der Waals surface area (Å²) >= 11 is 0. The van der Waals surface area contributed by atoms with Crippen LogP contribution in [0.1, 0.15) is 5.56 Å². The monoisotopic (exact) mass is 252 g/mol. The Morgan fingerprint density at radius 1 is 1.22 bits per heavy atom. The molecule has 1 aromatic rings. The molecule has 0 radical (unpaired) electrons. The van der Waals surface area contributed by atoms with Gasteiger partial charge < -0.3 is 24.4 Å². The highest BCUT2D eigenvalue weighted by atomic mass is 16.7. The Bertz CT molecular complexity index is 396. The number of fused-ring (bicyclic) bond motifs is 2. The van der Waals surface area contributed by atoms with Crippen molar-refractivity contribution in [3.63, 3.8) is 0 Å². The van der Waals surface area contributed by atoms with Crippen molar-refractivity contribution in [3.8, 4) is 0 Å². The lowest BCUT2D eigenvalue weighted by molar-refractivity contribution is -0.234. The van der Waals surface area contributed by atoms with Gasteiger partial charge in [-0.25, -0.2) is 0 Å². The lowest BCUT2D eigenvalue weighted by Gasteiger charge is -2.26. The van der Waals surface area contributed by atoms with E-state index in [9.17, 15) is 10.2 Å². The zero-order valence-electron chi connectivity index (χ0n) is 9.81. The first-order chi connectivity index (χ1) is 8.75. The van der Waals surface area contributed by atoms with Gasteiger partial charge in [-0.3, -0.25) is 0 Å². The van der Waals surface area contributed by atoms with Crippen molar-refractivity contribution < 1.29 is 24.4 Å². The topological polar surface area (TPSA) is 68.2 Å². The number of rotatable bonds is 3. The Hall–Kier alpha value is -0.980. The van der Waals surface area contributed by atoms with Crippen LogP contribution >= 0.6 is 0 Å². The first kappa shape index (κ1) is 12.1. The molecule has 5 heteroatoms. The van der Waals surface area contributed by atoms with Gasteiger partial charge in [-0.1, -0.05) is 30.3 Å². The van der Waals surface area contributed by atoms with E-state index in [4.69, 9.17) is 14.2 Å². The van der Waals surface area contributed by atoms with Crippen LogP contribution in [0.2, 0.25) is 0 Å². The van der Waals surface area contributed by atoms with E-state index in [-0.39, 0.29) is 6.61 Å². The highest BCUT2D eigenvalue weighted by Gasteiger charge is 2.51. The SMILES string of the molecule is O[C@H]1[C@@H]2OC[C@@H](O)[C@@H](O2)[C@@H]1OCc1ccccc1. The third-order valence-corrected chi connectivity index (χ3v) is 3.33. The third-order valence-electron chi connectivity index (χ3n) is 3.33. The molecule has 2 heterocycles. The molecule has 0 amide bonds. The van der Waals surface area contributed by atoms with Gasteiger partial charge in [0, 0.05) is 0 Å². The molecule has 2 N–H and O–H groups in total. The largest absolute Gasteiger partial charge is 0.388 e. The Morgan fingerprint density at radius 3 is 2.78 bits per heavy atom. The lowest BCUT2D eigenvalue weighted by atomic mass is 10.1. The van der Waals surface area contributed by atoms with Gasteiger partial charge >= 0.3 is 0 Å². The summed E-state index contributed by atoms with van der Waals surface area (Å²) in [4.78, 5) is 0. The summed E-state index contributed by atoms with van der Waals surface area (Å²) in [6, 6.07) is 9.68. The van der Waals surface area contributed by atoms with Crippen LogP contribution in [0.15, 0.2) is 30.3 Å². The molecule has 2 aliphatic heterocycles. The summed E-state index contributed by atoms with van der Waals surface area (Å²) in [7, 11) is 0. The van der Waals surface area contributed by atoms with E-state index in [2.05, 4.69) is 0 Å². The van der Waals surface area contributed by atoms with Crippen molar-refractivity contribution in [2.75, 3.05) is 6.61 Å². The van der Waals surface area contributed by atoms with Gasteiger partial charge in [-0.15, -0.1) is 0 Å². The lowest BCUT2D eigenvalue weighted by Crippen LogP contribution is -2.42. The average molecular weight is 252 g/mol. The van der Waals surface area contributed by atoms with Crippen molar-refractivity contribution in [1.29, 1.82) is 0 Å². The van der Waals surface area contributed by atoms with Crippen LogP contribution in [0.25, 0.3) is 0 Å². The maximum absolute atomic E-state index is 9.97. The molecule has 3 rings (SSSR count). The van der Waals surface area contributed by atoms with Gasteiger partial charge in [0.1, 0.15) is 24.4 Å². The van der Waals surface area contributed by atoms with Crippen LogP contribution in [0.4, 0.5) is 0 Å². The van der Waals surface area contributed by atoms with Crippen LogP contribution in [0, 0.1) is 0 Å². The summed E-state index contributed by atoms with van der Waals surface area (Å²) in [6.45, 7) is 0.555. The molecule has 5 nitrogen and oxygen atoms in total. The highest BCUT2D eigenvalue weighted by Crippen LogP contribution is 2.31. The first-order valence-corrected chi connectivity index (χ1v) is 6.04. The number of hydrogen-bond acceptors (Lipinski definition) is 5. The molecule has 0 saturated carbocycles. The molecule has 2 aliphatic rings. The van der Waals surface area contributed by atoms with E-state index in [1.165, 1.54) is 0 Å². The Labute approximate surface area is 105 Å². The summed E-state index contributed by atoms with van der Waals surface area (Å²) in [5, 5.41) is 19.7. The van der Waals surface area contributed by atoms with Crippen molar-refractivity contribution >= 4 is 0 Å². The fourth-order valence-electron chi connectivity index (χ4n) is 2.36. The first-order valence-electron chi connectivity index (χ1n) is 6.04. The molecule has 5 atom stereocenters.